The Balaban J connectivity index is 1.36. The maximum atomic E-state index is 12.7. The van der Waals surface area contributed by atoms with Gasteiger partial charge in [-0.2, -0.15) is 0 Å². The molecule has 0 aromatic heterocycles. The quantitative estimate of drug-likeness (QED) is 0.594. The second-order valence-corrected chi connectivity index (χ2v) is 10.6. The molecule has 0 saturated carbocycles. The molecular weight excluding hydrogens is 440 g/mol. The van der Waals surface area contributed by atoms with E-state index in [1.165, 1.54) is 34.5 Å². The second-order valence-electron chi connectivity index (χ2n) is 8.74. The van der Waals surface area contributed by atoms with Crippen LogP contribution in [-0.2, 0) is 27.7 Å². The van der Waals surface area contributed by atoms with Crippen LogP contribution in [0.1, 0.15) is 61.8 Å². The van der Waals surface area contributed by atoms with Gasteiger partial charge in [-0.1, -0.05) is 25.1 Å². The van der Waals surface area contributed by atoms with Gasteiger partial charge in [0, 0.05) is 19.0 Å². The summed E-state index contributed by atoms with van der Waals surface area (Å²) in [5.41, 5.74) is 4.47. The van der Waals surface area contributed by atoms with Gasteiger partial charge in [-0.05, 0) is 67.3 Å². The van der Waals surface area contributed by atoms with Crippen LogP contribution in [0.15, 0.2) is 36.4 Å². The summed E-state index contributed by atoms with van der Waals surface area (Å²) in [6, 6.07) is 11.6. The van der Waals surface area contributed by atoms with Crippen LogP contribution in [0.4, 0.5) is 5.69 Å². The minimum atomic E-state index is -3.51. The van der Waals surface area contributed by atoms with Gasteiger partial charge in [-0.25, -0.2) is 8.42 Å². The molecule has 0 radical (unpaired) electrons. The second kappa shape index (κ2) is 10.0. The fraction of sp³-hybridized carbons (Fsp3) is 0.480. The number of carbonyl (C=O) groups excluding carboxylic acids is 1. The normalized spacial score (nSPS) is 15.6. The Morgan fingerprint density at radius 2 is 1.82 bits per heavy atom. The van der Waals surface area contributed by atoms with Crippen LogP contribution in [0.5, 0.6) is 11.5 Å². The predicted molar refractivity (Wildman–Crippen MR) is 128 cm³/mol. The first-order chi connectivity index (χ1) is 15.8. The van der Waals surface area contributed by atoms with E-state index >= 15 is 0 Å². The number of nitrogens with one attached hydrogen (secondary N) is 1. The summed E-state index contributed by atoms with van der Waals surface area (Å²) in [5, 5.41) is 3.13. The molecule has 0 saturated heterocycles. The Hall–Kier alpha value is -2.74. The number of hydrogen-bond acceptors (Lipinski definition) is 5. The summed E-state index contributed by atoms with van der Waals surface area (Å²) in [4.78, 5) is 12.7. The van der Waals surface area contributed by atoms with Crippen molar-refractivity contribution in [3.63, 3.8) is 0 Å². The number of benzene rings is 2. The lowest BCUT2D eigenvalue weighted by Gasteiger charge is -2.23. The zero-order valence-electron chi connectivity index (χ0n) is 19.3. The van der Waals surface area contributed by atoms with Crippen molar-refractivity contribution in [3.05, 3.63) is 53.1 Å². The van der Waals surface area contributed by atoms with Crippen LogP contribution in [-0.4, -0.2) is 33.9 Å². The van der Waals surface area contributed by atoms with E-state index in [0.29, 0.717) is 23.6 Å². The van der Waals surface area contributed by atoms with Gasteiger partial charge >= 0.3 is 0 Å². The summed E-state index contributed by atoms with van der Waals surface area (Å²) in [7, 11) is -3.51. The SMILES string of the molecule is CC[C@H](NC(=O)CCCN(c1ccc2c(c1)OCO2)S(C)(=O)=O)c1ccc2c(c1)CCCC2. The molecule has 1 atom stereocenters. The molecule has 0 bridgehead atoms. The third-order valence-corrected chi connectivity index (χ3v) is 7.52. The van der Waals surface area contributed by atoms with Gasteiger partial charge in [0.2, 0.25) is 22.7 Å². The van der Waals surface area contributed by atoms with E-state index < -0.39 is 10.0 Å². The molecule has 0 unspecified atom stereocenters. The highest BCUT2D eigenvalue weighted by molar-refractivity contribution is 7.92. The molecule has 2 aliphatic rings. The molecular formula is C25H32N2O5S. The fourth-order valence-electron chi connectivity index (χ4n) is 4.57. The number of amides is 1. The zero-order chi connectivity index (χ0) is 23.4. The predicted octanol–water partition coefficient (Wildman–Crippen LogP) is 4.11. The van der Waals surface area contributed by atoms with Crippen LogP contribution in [0, 0.1) is 0 Å². The van der Waals surface area contributed by atoms with Crippen molar-refractivity contribution in [2.75, 3.05) is 23.9 Å². The number of nitrogens with zero attached hydrogens (tertiary/aromatic N) is 1. The van der Waals surface area contributed by atoms with Gasteiger partial charge in [-0.3, -0.25) is 9.10 Å². The maximum absolute atomic E-state index is 12.7. The average molecular weight is 473 g/mol. The molecule has 1 aliphatic carbocycles. The standard InChI is InChI=1S/C25H32N2O5S/c1-3-22(20-11-10-18-7-4-5-8-19(18)15-20)26-25(28)9-6-14-27(33(2,29)30)21-12-13-23-24(16-21)32-17-31-23/h10-13,15-16,22H,3-9,14,17H2,1-2H3,(H,26,28)/t22-/m0/s1. The van der Waals surface area contributed by atoms with Gasteiger partial charge in [0.1, 0.15) is 0 Å². The van der Waals surface area contributed by atoms with Gasteiger partial charge in [0.05, 0.1) is 18.0 Å². The highest BCUT2D eigenvalue weighted by Crippen LogP contribution is 2.36. The van der Waals surface area contributed by atoms with Crippen LogP contribution in [0.3, 0.4) is 0 Å². The molecule has 4 rings (SSSR count). The summed E-state index contributed by atoms with van der Waals surface area (Å²) >= 11 is 0. The molecule has 2 aromatic rings. The molecule has 7 nitrogen and oxygen atoms in total. The Kier molecular flexibility index (Phi) is 7.12. The van der Waals surface area contributed by atoms with Crippen molar-refractivity contribution in [2.45, 2.75) is 57.9 Å². The number of carbonyl (C=O) groups is 1. The van der Waals surface area contributed by atoms with Crippen LogP contribution < -0.4 is 19.1 Å². The van der Waals surface area contributed by atoms with Crippen molar-refractivity contribution >= 4 is 21.6 Å². The van der Waals surface area contributed by atoms with E-state index in [4.69, 9.17) is 9.47 Å². The summed E-state index contributed by atoms with van der Waals surface area (Å²) < 4.78 is 36.8. The molecule has 2 aromatic carbocycles. The first-order valence-corrected chi connectivity index (χ1v) is 13.5. The third-order valence-electron chi connectivity index (χ3n) is 6.33. The summed E-state index contributed by atoms with van der Waals surface area (Å²) in [5.74, 6) is 1.05. The highest BCUT2D eigenvalue weighted by Gasteiger charge is 2.22. The molecule has 1 heterocycles. The lowest BCUT2D eigenvalue weighted by atomic mass is 9.89. The van der Waals surface area contributed by atoms with Gasteiger partial charge in [-0.15, -0.1) is 0 Å². The first-order valence-electron chi connectivity index (χ1n) is 11.6. The Bertz CT molecular complexity index is 1120. The van der Waals surface area contributed by atoms with Crippen molar-refractivity contribution in [3.8, 4) is 11.5 Å². The minimum Gasteiger partial charge on any atom is -0.454 e. The minimum absolute atomic E-state index is 0.0374. The van der Waals surface area contributed by atoms with Crippen molar-refractivity contribution < 1.29 is 22.7 Å². The first kappa shape index (κ1) is 23.4. The lowest BCUT2D eigenvalue weighted by Crippen LogP contribution is -2.33. The number of rotatable bonds is 9. The zero-order valence-corrected chi connectivity index (χ0v) is 20.1. The maximum Gasteiger partial charge on any atom is 0.232 e. The van der Waals surface area contributed by atoms with Crippen molar-refractivity contribution in [2.24, 2.45) is 0 Å². The Morgan fingerprint density at radius 1 is 1.06 bits per heavy atom. The number of sulfonamides is 1. The van der Waals surface area contributed by atoms with E-state index in [9.17, 15) is 13.2 Å². The van der Waals surface area contributed by atoms with Crippen molar-refractivity contribution in [1.29, 1.82) is 0 Å². The molecule has 1 amide bonds. The molecule has 1 aliphatic heterocycles. The Labute approximate surface area is 196 Å². The summed E-state index contributed by atoms with van der Waals surface area (Å²) in [6.07, 6.45) is 7.34. The number of fused-ring (bicyclic) bond motifs is 2. The van der Waals surface area contributed by atoms with Crippen LogP contribution in [0.2, 0.25) is 0 Å². The van der Waals surface area contributed by atoms with Crippen LogP contribution >= 0.6 is 0 Å². The molecule has 1 N–H and O–H groups in total. The van der Waals surface area contributed by atoms with E-state index in [0.717, 1.165) is 24.8 Å². The largest absolute Gasteiger partial charge is 0.454 e. The third kappa shape index (κ3) is 5.61. The summed E-state index contributed by atoms with van der Waals surface area (Å²) in [6.45, 7) is 2.40. The van der Waals surface area contributed by atoms with Crippen molar-refractivity contribution in [1.82, 2.24) is 5.32 Å². The number of ether oxygens (including phenoxy) is 2. The van der Waals surface area contributed by atoms with Crippen LogP contribution in [0.25, 0.3) is 0 Å². The van der Waals surface area contributed by atoms with Gasteiger partial charge < -0.3 is 14.8 Å². The smallest absolute Gasteiger partial charge is 0.232 e. The molecule has 8 heteroatoms. The Morgan fingerprint density at radius 3 is 2.58 bits per heavy atom. The van der Waals surface area contributed by atoms with E-state index in [1.807, 2.05) is 0 Å². The monoisotopic (exact) mass is 472 g/mol. The highest BCUT2D eigenvalue weighted by atomic mass is 32.2. The molecule has 0 fully saturated rings. The van der Waals surface area contributed by atoms with E-state index in [-0.39, 0.29) is 31.7 Å². The molecule has 0 spiro atoms. The van der Waals surface area contributed by atoms with Gasteiger partial charge in [0.25, 0.3) is 0 Å². The lowest BCUT2D eigenvalue weighted by molar-refractivity contribution is -0.121. The van der Waals surface area contributed by atoms with E-state index in [1.54, 1.807) is 18.2 Å². The van der Waals surface area contributed by atoms with E-state index in [2.05, 4.69) is 30.4 Å². The molecule has 33 heavy (non-hydrogen) atoms. The molecule has 178 valence electrons. The topological polar surface area (TPSA) is 84.9 Å². The van der Waals surface area contributed by atoms with Gasteiger partial charge in [0.15, 0.2) is 11.5 Å². The number of hydrogen-bond donors (Lipinski definition) is 1. The number of aryl methyl sites for hydroxylation is 2. The fourth-order valence-corrected chi connectivity index (χ4v) is 5.52. The average Bonchev–Trinajstić information content (AvgIpc) is 3.27. The number of anilines is 1.